The smallest absolute Gasteiger partial charge is 0.274 e. The fourth-order valence-corrected chi connectivity index (χ4v) is 4.41. The Morgan fingerprint density at radius 2 is 1.92 bits per heavy atom. The summed E-state index contributed by atoms with van der Waals surface area (Å²) in [5.41, 5.74) is 3.27. The van der Waals surface area contributed by atoms with Gasteiger partial charge < -0.3 is 0 Å². The van der Waals surface area contributed by atoms with Crippen LogP contribution in [-0.2, 0) is 6.54 Å². The molecule has 7 heteroatoms. The van der Waals surface area contributed by atoms with Gasteiger partial charge in [0.05, 0.1) is 0 Å². The number of carbonyl (C=O) groups is 1. The average molecular weight is 372 g/mol. The summed E-state index contributed by atoms with van der Waals surface area (Å²) in [5, 5.41) is 8.70. The lowest BCUT2D eigenvalue weighted by Crippen LogP contribution is -2.54. The summed E-state index contributed by atoms with van der Waals surface area (Å²) in [6, 6.07) is 12.3. The van der Waals surface area contributed by atoms with Crippen LogP contribution < -0.4 is 5.48 Å². The molecule has 6 nitrogen and oxygen atoms in total. The molecule has 26 heavy (non-hydrogen) atoms. The third-order valence-corrected chi connectivity index (χ3v) is 5.63. The van der Waals surface area contributed by atoms with E-state index in [2.05, 4.69) is 34.1 Å². The van der Waals surface area contributed by atoms with Gasteiger partial charge in [0.15, 0.2) is 0 Å². The van der Waals surface area contributed by atoms with Crippen molar-refractivity contribution in [1.82, 2.24) is 19.7 Å². The number of hydrogen-bond acceptors (Lipinski definition) is 6. The number of amides is 1. The number of rotatable bonds is 5. The van der Waals surface area contributed by atoms with Gasteiger partial charge in [0, 0.05) is 54.6 Å². The van der Waals surface area contributed by atoms with Crippen LogP contribution in [0.15, 0.2) is 53.7 Å². The van der Waals surface area contributed by atoms with Crippen LogP contribution in [0.2, 0.25) is 0 Å². The molecular weight excluding hydrogens is 348 g/mol. The summed E-state index contributed by atoms with van der Waals surface area (Å²) in [5.74, 6) is -0.487. The Balaban J connectivity index is 1.60. The molecule has 2 N–H and O–H groups in total. The number of pyridine rings is 1. The summed E-state index contributed by atoms with van der Waals surface area (Å²) >= 11 is 1.76. The van der Waals surface area contributed by atoms with Crippen LogP contribution in [-0.4, -0.2) is 50.5 Å². The first-order valence-electron chi connectivity index (χ1n) is 8.69. The number of benzene rings is 1. The molecule has 1 fully saturated rings. The van der Waals surface area contributed by atoms with Gasteiger partial charge in [0.25, 0.3) is 5.91 Å². The van der Waals surface area contributed by atoms with E-state index in [4.69, 9.17) is 5.21 Å². The third-order valence-electron chi connectivity index (χ3n) is 4.62. The van der Waals surface area contributed by atoms with E-state index in [0.29, 0.717) is 17.6 Å². The van der Waals surface area contributed by atoms with Gasteiger partial charge in [0.2, 0.25) is 0 Å². The Morgan fingerprint density at radius 1 is 1.23 bits per heavy atom. The zero-order valence-electron chi connectivity index (χ0n) is 15.0. The largest absolute Gasteiger partial charge is 0.291 e. The van der Waals surface area contributed by atoms with Crippen LogP contribution >= 0.6 is 11.9 Å². The summed E-state index contributed by atoms with van der Waals surface area (Å²) in [6.45, 7) is 7.30. The Morgan fingerprint density at radius 3 is 2.50 bits per heavy atom. The zero-order valence-corrected chi connectivity index (χ0v) is 15.8. The lowest BCUT2D eigenvalue weighted by molar-refractivity contribution is 0.0705. The van der Waals surface area contributed by atoms with Crippen LogP contribution in [0.25, 0.3) is 0 Å². The second-order valence-electron chi connectivity index (χ2n) is 6.64. The highest BCUT2D eigenvalue weighted by molar-refractivity contribution is 7.97. The molecule has 0 saturated carbocycles. The van der Waals surface area contributed by atoms with Gasteiger partial charge in [-0.2, -0.15) is 0 Å². The van der Waals surface area contributed by atoms with Gasteiger partial charge in [-0.25, -0.2) is 9.79 Å². The maximum absolute atomic E-state index is 11.4. The van der Waals surface area contributed by atoms with Crippen LogP contribution in [0.3, 0.4) is 0 Å². The molecule has 1 aromatic heterocycles. The average Bonchev–Trinajstić information content (AvgIpc) is 2.65. The maximum atomic E-state index is 11.4. The number of hydroxylamine groups is 1. The fourth-order valence-electron chi connectivity index (χ4n) is 3.28. The SMILES string of the molecule is C[C@@H]1CN(Sc2cccnc2)C[C@H](C)N1Cc1ccc(C(=O)NO)cc1. The van der Waals surface area contributed by atoms with Crippen molar-refractivity contribution in [2.45, 2.75) is 37.4 Å². The minimum atomic E-state index is -0.487. The number of hydrogen-bond donors (Lipinski definition) is 2. The van der Waals surface area contributed by atoms with Crippen molar-refractivity contribution < 1.29 is 10.0 Å². The second-order valence-corrected chi connectivity index (χ2v) is 7.81. The Bertz CT molecular complexity index is 714. The second kappa shape index (κ2) is 8.64. The molecule has 2 atom stereocenters. The zero-order chi connectivity index (χ0) is 18.5. The summed E-state index contributed by atoms with van der Waals surface area (Å²) in [7, 11) is 0. The first-order valence-corrected chi connectivity index (χ1v) is 9.46. The molecule has 0 bridgehead atoms. The molecule has 0 spiro atoms. The minimum absolute atomic E-state index is 0.420. The lowest BCUT2D eigenvalue weighted by atomic mass is 10.1. The normalized spacial score (nSPS) is 21.5. The maximum Gasteiger partial charge on any atom is 0.274 e. The molecule has 1 aliphatic heterocycles. The van der Waals surface area contributed by atoms with E-state index in [1.807, 2.05) is 24.4 Å². The van der Waals surface area contributed by atoms with Crippen molar-refractivity contribution in [2.75, 3.05) is 13.1 Å². The van der Waals surface area contributed by atoms with Crippen molar-refractivity contribution in [2.24, 2.45) is 0 Å². The molecule has 1 saturated heterocycles. The van der Waals surface area contributed by atoms with E-state index >= 15 is 0 Å². The van der Waals surface area contributed by atoms with Gasteiger partial charge in [-0.3, -0.25) is 19.9 Å². The number of aromatic nitrogens is 1. The first kappa shape index (κ1) is 18.8. The predicted octanol–water partition coefficient (Wildman–Crippen LogP) is 2.80. The van der Waals surface area contributed by atoms with Crippen LogP contribution in [0, 0.1) is 0 Å². The van der Waals surface area contributed by atoms with Gasteiger partial charge in [-0.1, -0.05) is 12.1 Å². The summed E-state index contributed by atoms with van der Waals surface area (Å²) in [4.78, 5) is 19.3. The monoisotopic (exact) mass is 372 g/mol. The summed E-state index contributed by atoms with van der Waals surface area (Å²) < 4.78 is 2.40. The number of piperazine rings is 1. The van der Waals surface area contributed by atoms with E-state index < -0.39 is 5.91 Å². The van der Waals surface area contributed by atoms with Gasteiger partial charge in [0.1, 0.15) is 0 Å². The van der Waals surface area contributed by atoms with E-state index in [0.717, 1.165) is 30.1 Å². The Labute approximate surface area is 158 Å². The van der Waals surface area contributed by atoms with Crippen molar-refractivity contribution in [3.8, 4) is 0 Å². The molecule has 3 rings (SSSR count). The number of nitrogens with one attached hydrogen (secondary N) is 1. The number of carbonyl (C=O) groups excluding carboxylic acids is 1. The van der Waals surface area contributed by atoms with Gasteiger partial charge >= 0.3 is 0 Å². The minimum Gasteiger partial charge on any atom is -0.291 e. The molecular formula is C19H24N4O2S. The topological polar surface area (TPSA) is 68.7 Å². The lowest BCUT2D eigenvalue weighted by Gasteiger charge is -2.43. The number of nitrogens with zero attached hydrogens (tertiary/aromatic N) is 3. The summed E-state index contributed by atoms with van der Waals surface area (Å²) in [6.07, 6.45) is 3.69. The molecule has 1 amide bonds. The van der Waals surface area contributed by atoms with Crippen LogP contribution in [0.4, 0.5) is 0 Å². The molecule has 0 radical (unpaired) electrons. The highest BCUT2D eigenvalue weighted by atomic mass is 32.2. The third kappa shape index (κ3) is 4.62. The highest BCUT2D eigenvalue weighted by Crippen LogP contribution is 2.28. The van der Waals surface area contributed by atoms with Crippen LogP contribution in [0.1, 0.15) is 29.8 Å². The fraction of sp³-hybridized carbons (Fsp3) is 0.368. The van der Waals surface area contributed by atoms with Gasteiger partial charge in [-0.05, 0) is 55.6 Å². The van der Waals surface area contributed by atoms with E-state index in [-0.39, 0.29) is 0 Å². The van der Waals surface area contributed by atoms with Crippen LogP contribution in [0.5, 0.6) is 0 Å². The van der Waals surface area contributed by atoms with Gasteiger partial charge in [-0.15, -0.1) is 0 Å². The van der Waals surface area contributed by atoms with Crippen molar-refractivity contribution in [3.63, 3.8) is 0 Å². The molecule has 2 heterocycles. The van der Waals surface area contributed by atoms with E-state index in [1.54, 1.807) is 35.8 Å². The van der Waals surface area contributed by atoms with Crippen molar-refractivity contribution >= 4 is 17.9 Å². The highest BCUT2D eigenvalue weighted by Gasteiger charge is 2.29. The van der Waals surface area contributed by atoms with Crippen molar-refractivity contribution in [1.29, 1.82) is 0 Å². The van der Waals surface area contributed by atoms with E-state index in [1.165, 1.54) is 0 Å². The molecule has 1 aliphatic rings. The Kier molecular flexibility index (Phi) is 6.26. The molecule has 2 aromatic rings. The molecule has 0 aliphatic carbocycles. The quantitative estimate of drug-likeness (QED) is 0.478. The first-order chi connectivity index (χ1) is 12.6. The van der Waals surface area contributed by atoms with E-state index in [9.17, 15) is 4.79 Å². The molecule has 0 unspecified atom stereocenters. The Hall–Kier alpha value is -1.93. The standard InChI is InChI=1S/C19H24N4O2S/c1-14-11-22(26-18-4-3-9-20-10-18)12-15(2)23(14)13-16-5-7-17(8-6-16)19(24)21-25/h3-10,14-15,25H,11-13H2,1-2H3,(H,21,24)/t14-,15+. The molecule has 1 aromatic carbocycles. The van der Waals surface area contributed by atoms with Crippen molar-refractivity contribution in [3.05, 3.63) is 59.9 Å². The molecule has 138 valence electrons. The predicted molar refractivity (Wildman–Crippen MR) is 102 cm³/mol.